The van der Waals surface area contributed by atoms with E-state index in [9.17, 15) is 4.79 Å². The molecule has 0 aromatic rings. The Hall–Kier alpha value is -0.850. The van der Waals surface area contributed by atoms with Crippen LogP contribution in [0.4, 0.5) is 0 Å². The second-order valence-electron chi connectivity index (χ2n) is 5.12. The Bertz CT molecular complexity index is 294. The number of hydrogen-bond donors (Lipinski definition) is 0. The fourth-order valence-electron chi connectivity index (χ4n) is 2.49. The molecule has 0 aromatic carbocycles. The lowest BCUT2D eigenvalue weighted by molar-refractivity contribution is -0.120. The van der Waals surface area contributed by atoms with Gasteiger partial charge in [0.25, 0.3) is 0 Å². The number of hydrogen-bond acceptors (Lipinski definition) is 1. The zero-order valence-corrected chi connectivity index (χ0v) is 10.3. The van der Waals surface area contributed by atoms with Crippen molar-refractivity contribution in [2.75, 3.05) is 0 Å². The number of carbonyl (C=O) groups is 1. The monoisotopic (exact) mass is 206 g/mol. The summed E-state index contributed by atoms with van der Waals surface area (Å²) in [7, 11) is 0. The predicted octanol–water partition coefficient (Wildman–Crippen LogP) is 3.90. The fraction of sp³-hybridized carbons (Fsp3) is 0.643. The third-order valence-electron chi connectivity index (χ3n) is 3.29. The summed E-state index contributed by atoms with van der Waals surface area (Å²) in [4.78, 5) is 12.1. The Labute approximate surface area is 93.3 Å². The third kappa shape index (κ3) is 2.80. The van der Waals surface area contributed by atoms with Crippen molar-refractivity contribution < 1.29 is 4.79 Å². The Morgan fingerprint density at radius 1 is 1.60 bits per heavy atom. The maximum atomic E-state index is 12.1. The highest BCUT2D eigenvalue weighted by molar-refractivity contribution is 5.94. The Kier molecular flexibility index (Phi) is 3.90. The van der Waals surface area contributed by atoms with E-state index in [1.165, 1.54) is 5.57 Å². The first-order valence-corrected chi connectivity index (χ1v) is 5.86. The molecule has 0 saturated heterocycles. The minimum atomic E-state index is 0.0917. The maximum absolute atomic E-state index is 12.1. The van der Waals surface area contributed by atoms with E-state index in [0.717, 1.165) is 19.3 Å². The van der Waals surface area contributed by atoms with Crippen molar-refractivity contribution in [3.8, 4) is 0 Å². The van der Waals surface area contributed by atoms with Crippen LogP contribution in [0.1, 0.15) is 47.0 Å². The van der Waals surface area contributed by atoms with Crippen molar-refractivity contribution in [2.24, 2.45) is 11.3 Å². The van der Waals surface area contributed by atoms with Crippen LogP contribution in [0.5, 0.6) is 0 Å². The molecule has 15 heavy (non-hydrogen) atoms. The van der Waals surface area contributed by atoms with Crippen LogP contribution < -0.4 is 0 Å². The normalized spacial score (nSPS) is 25.3. The predicted molar refractivity (Wildman–Crippen MR) is 64.7 cm³/mol. The molecule has 1 nitrogen and oxygen atoms in total. The van der Waals surface area contributed by atoms with E-state index in [0.29, 0.717) is 0 Å². The number of carbonyl (C=O) groups excluding carboxylic acids is 1. The zero-order chi connectivity index (χ0) is 11.5. The number of rotatable bonds is 3. The highest BCUT2D eigenvalue weighted by Crippen LogP contribution is 2.41. The van der Waals surface area contributed by atoms with E-state index in [4.69, 9.17) is 0 Å². The smallest absolute Gasteiger partial charge is 0.162 e. The summed E-state index contributed by atoms with van der Waals surface area (Å²) in [6.45, 7) is 8.54. The maximum Gasteiger partial charge on any atom is 0.162 e. The molecule has 0 radical (unpaired) electrons. The van der Waals surface area contributed by atoms with Crippen LogP contribution >= 0.6 is 0 Å². The van der Waals surface area contributed by atoms with Crippen molar-refractivity contribution >= 4 is 5.78 Å². The second kappa shape index (κ2) is 4.78. The highest BCUT2D eigenvalue weighted by Gasteiger charge is 2.36. The number of ketones is 1. The lowest BCUT2D eigenvalue weighted by Crippen LogP contribution is -2.33. The molecule has 1 rings (SSSR count). The first-order chi connectivity index (χ1) is 6.99. The third-order valence-corrected chi connectivity index (χ3v) is 3.29. The molecule has 1 aliphatic rings. The average molecular weight is 206 g/mol. The minimum Gasteiger partial charge on any atom is -0.294 e. The standard InChI is InChI=1S/C14H22O/c1-5-6-9-12(15)13-11(2)8-7-10-14(13,3)4/h6,8-9,13H,5,7,10H2,1-4H3/b9-6+/t13-/m1/s1. The summed E-state index contributed by atoms with van der Waals surface area (Å²) in [5, 5.41) is 0. The summed E-state index contributed by atoms with van der Waals surface area (Å²) < 4.78 is 0. The molecule has 0 fully saturated rings. The van der Waals surface area contributed by atoms with Gasteiger partial charge >= 0.3 is 0 Å². The van der Waals surface area contributed by atoms with E-state index in [1.807, 2.05) is 6.08 Å². The van der Waals surface area contributed by atoms with Gasteiger partial charge in [-0.2, -0.15) is 0 Å². The highest BCUT2D eigenvalue weighted by atomic mass is 16.1. The second-order valence-corrected chi connectivity index (χ2v) is 5.12. The van der Waals surface area contributed by atoms with E-state index >= 15 is 0 Å². The lowest BCUT2D eigenvalue weighted by atomic mass is 9.67. The summed E-state index contributed by atoms with van der Waals surface area (Å²) >= 11 is 0. The summed E-state index contributed by atoms with van der Waals surface area (Å²) in [5.74, 6) is 0.365. The molecule has 1 atom stereocenters. The van der Waals surface area contributed by atoms with Crippen LogP contribution in [-0.2, 0) is 4.79 Å². The van der Waals surface area contributed by atoms with Gasteiger partial charge in [0.2, 0.25) is 0 Å². The van der Waals surface area contributed by atoms with Gasteiger partial charge in [-0.05, 0) is 37.7 Å². The molecule has 0 saturated carbocycles. The van der Waals surface area contributed by atoms with E-state index in [-0.39, 0.29) is 17.1 Å². The largest absolute Gasteiger partial charge is 0.294 e. The van der Waals surface area contributed by atoms with Gasteiger partial charge in [0.15, 0.2) is 5.78 Å². The molecule has 0 N–H and O–H groups in total. The summed E-state index contributed by atoms with van der Waals surface area (Å²) in [6, 6.07) is 0. The molecule has 0 heterocycles. The molecular weight excluding hydrogens is 184 g/mol. The van der Waals surface area contributed by atoms with E-state index < -0.39 is 0 Å². The van der Waals surface area contributed by atoms with Gasteiger partial charge in [0.1, 0.15) is 0 Å². The van der Waals surface area contributed by atoms with Crippen molar-refractivity contribution in [2.45, 2.75) is 47.0 Å². The molecule has 1 aliphatic carbocycles. The quantitative estimate of drug-likeness (QED) is 0.505. The molecule has 1 heteroatoms. The van der Waals surface area contributed by atoms with Crippen LogP contribution in [-0.4, -0.2) is 5.78 Å². The van der Waals surface area contributed by atoms with Crippen molar-refractivity contribution in [3.63, 3.8) is 0 Å². The Morgan fingerprint density at radius 2 is 2.27 bits per heavy atom. The molecule has 0 amide bonds. The Morgan fingerprint density at radius 3 is 2.80 bits per heavy atom. The van der Waals surface area contributed by atoms with Gasteiger partial charge in [-0.15, -0.1) is 0 Å². The van der Waals surface area contributed by atoms with Gasteiger partial charge in [-0.25, -0.2) is 0 Å². The Balaban J connectivity index is 2.89. The topological polar surface area (TPSA) is 17.1 Å². The fourth-order valence-corrected chi connectivity index (χ4v) is 2.49. The van der Waals surface area contributed by atoms with Crippen LogP contribution in [0.25, 0.3) is 0 Å². The minimum absolute atomic E-state index is 0.0917. The molecule has 84 valence electrons. The first kappa shape index (κ1) is 12.2. The van der Waals surface area contributed by atoms with Crippen molar-refractivity contribution in [1.29, 1.82) is 0 Å². The van der Waals surface area contributed by atoms with Gasteiger partial charge < -0.3 is 0 Å². The molecule has 0 bridgehead atoms. The van der Waals surface area contributed by atoms with Crippen LogP contribution in [0.2, 0.25) is 0 Å². The lowest BCUT2D eigenvalue weighted by Gasteiger charge is -2.36. The van der Waals surface area contributed by atoms with Gasteiger partial charge in [0.05, 0.1) is 0 Å². The molecule has 0 aromatic heterocycles. The summed E-state index contributed by atoms with van der Waals surface area (Å²) in [6.07, 6.45) is 9.09. The van der Waals surface area contributed by atoms with E-state index in [2.05, 4.69) is 33.8 Å². The summed E-state index contributed by atoms with van der Waals surface area (Å²) in [5.41, 5.74) is 1.37. The van der Waals surface area contributed by atoms with Gasteiger partial charge in [0, 0.05) is 5.92 Å². The first-order valence-electron chi connectivity index (χ1n) is 5.86. The average Bonchev–Trinajstić information content (AvgIpc) is 2.13. The van der Waals surface area contributed by atoms with E-state index in [1.54, 1.807) is 6.08 Å². The van der Waals surface area contributed by atoms with Gasteiger partial charge in [-0.1, -0.05) is 38.5 Å². The van der Waals surface area contributed by atoms with Crippen molar-refractivity contribution in [1.82, 2.24) is 0 Å². The molecular formula is C14H22O. The molecule has 0 spiro atoms. The van der Waals surface area contributed by atoms with Crippen molar-refractivity contribution in [3.05, 3.63) is 23.8 Å². The van der Waals surface area contributed by atoms with Gasteiger partial charge in [-0.3, -0.25) is 4.79 Å². The molecule has 0 aliphatic heterocycles. The number of allylic oxidation sites excluding steroid dienone is 4. The SMILES string of the molecule is CC/C=C/C(=O)[C@H]1C(C)=CCCC1(C)C. The zero-order valence-electron chi connectivity index (χ0n) is 10.3. The van der Waals surface area contributed by atoms with Crippen LogP contribution in [0, 0.1) is 11.3 Å². The van der Waals surface area contributed by atoms with Crippen LogP contribution in [0.15, 0.2) is 23.8 Å². The molecule has 0 unspecified atom stereocenters. The van der Waals surface area contributed by atoms with Crippen LogP contribution in [0.3, 0.4) is 0 Å².